The Kier molecular flexibility index (Phi) is 7.08. The molecule has 0 radical (unpaired) electrons. The zero-order chi connectivity index (χ0) is 13.5. The van der Waals surface area contributed by atoms with Gasteiger partial charge in [0.1, 0.15) is 5.82 Å². The minimum absolute atomic E-state index is 0. The molecule has 1 fully saturated rings. The minimum Gasteiger partial charge on any atom is -0.478 e. The standard InChI is InChI=1S/C6H7N3O2.C4H5NO2.ClH/c7-9-5-2-1-4(3-8-5)6(10)11;6-3-1-2-4(7)5-3;/h1-3H,7H2,(H,8,9)(H,10,11);1-2H2,(H,5,6,7);1H. The molecule has 8 nitrogen and oxygen atoms in total. The zero-order valence-electron chi connectivity index (χ0n) is 9.75. The maximum atomic E-state index is 10.3. The number of anilines is 1. The third kappa shape index (κ3) is 5.80. The van der Waals surface area contributed by atoms with Crippen LogP contribution in [0.15, 0.2) is 18.3 Å². The molecule has 0 bridgehead atoms. The molecule has 2 heterocycles. The number of imide groups is 1. The van der Waals surface area contributed by atoms with Crippen LogP contribution in [0, 0.1) is 0 Å². The molecule has 2 amide bonds. The predicted molar refractivity (Wildman–Crippen MR) is 68.6 cm³/mol. The van der Waals surface area contributed by atoms with Gasteiger partial charge in [-0.15, -0.1) is 12.4 Å². The lowest BCUT2D eigenvalue weighted by Gasteiger charge is -1.97. The number of pyridine rings is 1. The van der Waals surface area contributed by atoms with Crippen LogP contribution in [0.1, 0.15) is 23.2 Å². The van der Waals surface area contributed by atoms with Crippen LogP contribution >= 0.6 is 12.4 Å². The van der Waals surface area contributed by atoms with Crippen LogP contribution in [0.25, 0.3) is 0 Å². The van der Waals surface area contributed by atoms with Gasteiger partial charge >= 0.3 is 5.97 Å². The number of carbonyl (C=O) groups excluding carboxylic acids is 2. The Labute approximate surface area is 114 Å². The molecule has 1 aromatic rings. The summed E-state index contributed by atoms with van der Waals surface area (Å²) in [7, 11) is 0. The number of amides is 2. The largest absolute Gasteiger partial charge is 0.478 e. The second kappa shape index (κ2) is 8.01. The van der Waals surface area contributed by atoms with E-state index >= 15 is 0 Å². The van der Waals surface area contributed by atoms with Crippen LogP contribution in [0.4, 0.5) is 5.82 Å². The summed E-state index contributed by atoms with van der Waals surface area (Å²) >= 11 is 0. The van der Waals surface area contributed by atoms with Crippen LogP contribution in [0.5, 0.6) is 0 Å². The summed E-state index contributed by atoms with van der Waals surface area (Å²) in [6, 6.07) is 2.91. The molecule has 2 rings (SSSR count). The van der Waals surface area contributed by atoms with E-state index < -0.39 is 5.97 Å². The Morgan fingerprint density at radius 2 is 1.89 bits per heavy atom. The van der Waals surface area contributed by atoms with E-state index in [1.165, 1.54) is 18.3 Å². The second-order valence-electron chi connectivity index (χ2n) is 3.35. The first-order chi connectivity index (χ1) is 8.52. The maximum Gasteiger partial charge on any atom is 0.337 e. The van der Waals surface area contributed by atoms with Gasteiger partial charge < -0.3 is 10.5 Å². The number of rotatable bonds is 2. The Bertz CT molecular complexity index is 449. The number of halogens is 1. The maximum absolute atomic E-state index is 10.3. The molecule has 0 aliphatic carbocycles. The fourth-order valence-corrected chi connectivity index (χ4v) is 1.11. The molecule has 1 aromatic heterocycles. The normalized spacial score (nSPS) is 12.7. The quantitative estimate of drug-likeness (QED) is 0.339. The number of hydrogen-bond donors (Lipinski definition) is 4. The summed E-state index contributed by atoms with van der Waals surface area (Å²) in [6.45, 7) is 0. The van der Waals surface area contributed by atoms with E-state index in [2.05, 4.69) is 15.7 Å². The van der Waals surface area contributed by atoms with Gasteiger partial charge in [-0.05, 0) is 12.1 Å². The van der Waals surface area contributed by atoms with E-state index in [-0.39, 0.29) is 29.8 Å². The zero-order valence-corrected chi connectivity index (χ0v) is 10.6. The first kappa shape index (κ1) is 16.8. The number of nitrogens with two attached hydrogens (primary N) is 1. The van der Waals surface area contributed by atoms with E-state index in [1.54, 1.807) is 0 Å². The average molecular weight is 289 g/mol. The molecule has 104 valence electrons. The number of carbonyl (C=O) groups is 3. The van der Waals surface area contributed by atoms with Crippen LogP contribution in [0.3, 0.4) is 0 Å². The van der Waals surface area contributed by atoms with E-state index in [0.29, 0.717) is 18.7 Å². The van der Waals surface area contributed by atoms with Gasteiger partial charge in [0, 0.05) is 19.0 Å². The lowest BCUT2D eigenvalue weighted by Crippen LogP contribution is -2.18. The van der Waals surface area contributed by atoms with Crippen molar-refractivity contribution in [3.63, 3.8) is 0 Å². The highest BCUT2D eigenvalue weighted by molar-refractivity contribution is 6.01. The lowest BCUT2D eigenvalue weighted by molar-refractivity contribution is -0.124. The first-order valence-electron chi connectivity index (χ1n) is 5.01. The third-order valence-corrected chi connectivity index (χ3v) is 2.02. The van der Waals surface area contributed by atoms with E-state index in [0.717, 1.165) is 0 Å². The molecule has 9 heteroatoms. The monoisotopic (exact) mass is 288 g/mol. The van der Waals surface area contributed by atoms with Gasteiger partial charge in [0.05, 0.1) is 5.56 Å². The van der Waals surface area contributed by atoms with Gasteiger partial charge in [0.15, 0.2) is 0 Å². The minimum atomic E-state index is -0.999. The Hall–Kier alpha value is -2.19. The molecule has 1 aliphatic heterocycles. The summed E-state index contributed by atoms with van der Waals surface area (Å²) in [5.41, 5.74) is 2.43. The number of carboxylic acids is 1. The molecule has 0 saturated carbocycles. The highest BCUT2D eigenvalue weighted by atomic mass is 35.5. The first-order valence-corrected chi connectivity index (χ1v) is 5.01. The van der Waals surface area contributed by atoms with Crippen molar-refractivity contribution in [2.45, 2.75) is 12.8 Å². The number of nitrogens with one attached hydrogen (secondary N) is 2. The van der Waals surface area contributed by atoms with Crippen molar-refractivity contribution in [3.05, 3.63) is 23.9 Å². The molecule has 0 unspecified atom stereocenters. The molecule has 1 aliphatic rings. The molecule has 1 saturated heterocycles. The van der Waals surface area contributed by atoms with Crippen LogP contribution in [0.2, 0.25) is 0 Å². The lowest BCUT2D eigenvalue weighted by atomic mass is 10.3. The van der Waals surface area contributed by atoms with Gasteiger partial charge in [-0.3, -0.25) is 14.9 Å². The van der Waals surface area contributed by atoms with Crippen molar-refractivity contribution in [1.82, 2.24) is 10.3 Å². The van der Waals surface area contributed by atoms with Crippen molar-refractivity contribution in [2.75, 3.05) is 5.43 Å². The molecule has 0 spiro atoms. The summed E-state index contributed by atoms with van der Waals surface area (Å²) in [5.74, 6) is 4.16. The number of hydrogen-bond acceptors (Lipinski definition) is 6. The van der Waals surface area contributed by atoms with E-state index in [1.807, 2.05) is 0 Å². The highest BCUT2D eigenvalue weighted by Gasteiger charge is 2.15. The second-order valence-corrected chi connectivity index (χ2v) is 3.35. The van der Waals surface area contributed by atoms with Crippen molar-refractivity contribution in [1.29, 1.82) is 0 Å². The third-order valence-electron chi connectivity index (χ3n) is 2.02. The Balaban J connectivity index is 0.000000352. The van der Waals surface area contributed by atoms with Gasteiger partial charge in [0.25, 0.3) is 0 Å². The van der Waals surface area contributed by atoms with Crippen LogP contribution < -0.4 is 16.6 Å². The summed E-state index contributed by atoms with van der Waals surface area (Å²) in [6.07, 6.45) is 1.98. The number of nitrogens with zero attached hydrogens (tertiary/aromatic N) is 1. The topological polar surface area (TPSA) is 134 Å². The molecular weight excluding hydrogens is 276 g/mol. The molecule has 0 atom stereocenters. The highest BCUT2D eigenvalue weighted by Crippen LogP contribution is 2.02. The van der Waals surface area contributed by atoms with Crippen molar-refractivity contribution >= 4 is 36.0 Å². The van der Waals surface area contributed by atoms with Crippen LogP contribution in [-0.2, 0) is 9.59 Å². The number of nitrogen functional groups attached to an aromatic ring is 1. The molecule has 19 heavy (non-hydrogen) atoms. The van der Waals surface area contributed by atoms with Gasteiger partial charge in [-0.2, -0.15) is 0 Å². The number of aromatic carboxylic acids is 1. The summed E-state index contributed by atoms with van der Waals surface area (Å²) in [4.78, 5) is 34.3. The van der Waals surface area contributed by atoms with Gasteiger partial charge in [-0.1, -0.05) is 0 Å². The molecule has 0 aromatic carbocycles. The van der Waals surface area contributed by atoms with E-state index in [9.17, 15) is 14.4 Å². The SMILES string of the molecule is Cl.NNc1ccc(C(=O)O)cn1.O=C1CCC(=O)N1. The van der Waals surface area contributed by atoms with Crippen molar-refractivity contribution in [3.8, 4) is 0 Å². The average Bonchev–Trinajstić information content (AvgIpc) is 2.74. The molecule has 5 N–H and O–H groups in total. The predicted octanol–water partition coefficient (Wildman–Crippen LogP) is -0.0898. The number of aromatic nitrogens is 1. The fraction of sp³-hybridized carbons (Fsp3) is 0.200. The number of carboxylic acid groups (broad SMARTS) is 1. The summed E-state index contributed by atoms with van der Waals surface area (Å²) in [5, 5.41) is 10.6. The van der Waals surface area contributed by atoms with E-state index in [4.69, 9.17) is 10.9 Å². The van der Waals surface area contributed by atoms with Crippen molar-refractivity contribution < 1.29 is 19.5 Å². The van der Waals surface area contributed by atoms with Crippen LogP contribution in [-0.4, -0.2) is 27.9 Å². The summed E-state index contributed by atoms with van der Waals surface area (Å²) < 4.78 is 0. The molecular formula is C10H13ClN4O4. The Morgan fingerprint density at radius 1 is 1.32 bits per heavy atom. The van der Waals surface area contributed by atoms with Gasteiger partial charge in [0.2, 0.25) is 11.8 Å². The fourth-order valence-electron chi connectivity index (χ4n) is 1.11. The Morgan fingerprint density at radius 3 is 2.16 bits per heavy atom. The van der Waals surface area contributed by atoms with Gasteiger partial charge in [-0.25, -0.2) is 15.6 Å². The number of hydrazine groups is 1. The smallest absolute Gasteiger partial charge is 0.337 e. The van der Waals surface area contributed by atoms with Crippen molar-refractivity contribution in [2.24, 2.45) is 5.84 Å².